The van der Waals surface area contributed by atoms with Gasteiger partial charge in [0, 0.05) is 38.6 Å². The van der Waals surface area contributed by atoms with Crippen LogP contribution >= 0.6 is 24.8 Å². The molecule has 1 saturated heterocycles. The van der Waals surface area contributed by atoms with Crippen LogP contribution in [-0.4, -0.2) is 49.8 Å². The average Bonchev–Trinajstić information content (AvgIpc) is 3.30. The van der Waals surface area contributed by atoms with E-state index in [0.717, 1.165) is 38.2 Å². The zero-order valence-electron chi connectivity index (χ0n) is 13.9. The van der Waals surface area contributed by atoms with Gasteiger partial charge in [-0.05, 0) is 24.6 Å². The van der Waals surface area contributed by atoms with Gasteiger partial charge in [-0.15, -0.1) is 24.8 Å². The maximum atomic E-state index is 11.7. The van der Waals surface area contributed by atoms with E-state index in [4.69, 9.17) is 4.74 Å². The van der Waals surface area contributed by atoms with E-state index in [9.17, 15) is 4.79 Å². The molecule has 0 bridgehead atoms. The number of methoxy groups -OCH3 is 1. The number of carbonyl (C=O) groups excluding carboxylic acids is 1. The van der Waals surface area contributed by atoms with Crippen LogP contribution in [0.2, 0.25) is 0 Å². The zero-order valence-corrected chi connectivity index (χ0v) is 15.5. The lowest BCUT2D eigenvalue weighted by Gasteiger charge is -2.36. The Morgan fingerprint density at radius 2 is 2.17 bits per heavy atom. The second-order valence-corrected chi connectivity index (χ2v) is 6.04. The van der Waals surface area contributed by atoms with Gasteiger partial charge in [-0.25, -0.2) is 4.79 Å². The molecule has 1 aromatic carbocycles. The quantitative estimate of drug-likeness (QED) is 0.804. The summed E-state index contributed by atoms with van der Waals surface area (Å²) < 4.78 is 4.81. The largest absolute Gasteiger partial charge is 0.465 e. The Morgan fingerprint density at radius 3 is 2.83 bits per heavy atom. The van der Waals surface area contributed by atoms with Crippen molar-refractivity contribution in [3.63, 3.8) is 0 Å². The molecule has 0 aliphatic carbocycles. The van der Waals surface area contributed by atoms with Crippen LogP contribution in [0, 0.1) is 0 Å². The normalized spacial score (nSPS) is 21.3. The lowest BCUT2D eigenvalue weighted by atomic mass is 10.00. The van der Waals surface area contributed by atoms with Crippen molar-refractivity contribution in [3.8, 4) is 0 Å². The summed E-state index contributed by atoms with van der Waals surface area (Å²) in [6.45, 7) is 5.87. The molecule has 0 saturated carbocycles. The first-order valence-electron chi connectivity index (χ1n) is 7.68. The van der Waals surface area contributed by atoms with Crippen molar-refractivity contribution < 1.29 is 9.53 Å². The van der Waals surface area contributed by atoms with Gasteiger partial charge in [-0.3, -0.25) is 4.90 Å². The molecule has 24 heavy (non-hydrogen) atoms. The number of esters is 1. The fourth-order valence-electron chi connectivity index (χ4n) is 2.87. The third-order valence-electron chi connectivity index (χ3n) is 4.36. The highest BCUT2D eigenvalue weighted by Crippen LogP contribution is 2.32. The van der Waals surface area contributed by atoms with Crippen molar-refractivity contribution >= 4 is 30.8 Å². The summed E-state index contributed by atoms with van der Waals surface area (Å²) in [5.41, 5.74) is 1.58. The lowest BCUT2D eigenvalue weighted by Crippen LogP contribution is -2.46. The fourth-order valence-corrected chi connectivity index (χ4v) is 2.87. The zero-order chi connectivity index (χ0) is 15.6. The van der Waals surface area contributed by atoms with E-state index < -0.39 is 0 Å². The van der Waals surface area contributed by atoms with Crippen molar-refractivity contribution in [2.75, 3.05) is 33.3 Å². The van der Waals surface area contributed by atoms with E-state index in [2.05, 4.69) is 33.4 Å². The second kappa shape index (κ2) is 8.76. The Bertz CT molecular complexity index is 591. The number of hydrogen-bond acceptors (Lipinski definition) is 6. The molecule has 2 heterocycles. The Hall–Kier alpha value is -1.21. The van der Waals surface area contributed by atoms with E-state index in [1.165, 1.54) is 7.11 Å². The number of rotatable bonds is 5. The molecule has 1 aromatic rings. The number of benzene rings is 1. The van der Waals surface area contributed by atoms with Crippen molar-refractivity contribution in [1.82, 2.24) is 10.2 Å². The van der Waals surface area contributed by atoms with Gasteiger partial charge in [0.25, 0.3) is 0 Å². The molecule has 6 nitrogen and oxygen atoms in total. The summed E-state index contributed by atoms with van der Waals surface area (Å²) in [5.74, 6) is -0.291. The minimum Gasteiger partial charge on any atom is -0.465 e. The van der Waals surface area contributed by atoms with Crippen LogP contribution < -0.4 is 5.32 Å². The van der Waals surface area contributed by atoms with Gasteiger partial charge in [0.15, 0.2) is 5.66 Å². The van der Waals surface area contributed by atoms with Crippen LogP contribution in [-0.2, 0) is 4.74 Å². The number of ether oxygens (including phenoxy) is 1. The number of nitrogens with zero attached hydrogens (tertiary/aromatic N) is 3. The molecule has 3 rings (SSSR count). The fraction of sp³-hybridized carbons (Fsp3) is 0.562. The summed E-state index contributed by atoms with van der Waals surface area (Å²) >= 11 is 0. The molecule has 0 aromatic heterocycles. The molecule has 1 atom stereocenters. The molecule has 0 radical (unpaired) electrons. The first-order valence-corrected chi connectivity index (χ1v) is 7.68. The average molecular weight is 375 g/mol. The predicted octanol–water partition coefficient (Wildman–Crippen LogP) is 2.84. The second-order valence-electron chi connectivity index (χ2n) is 6.04. The molecule has 134 valence electrons. The third kappa shape index (κ3) is 4.89. The van der Waals surface area contributed by atoms with Crippen LogP contribution in [0.25, 0.3) is 0 Å². The van der Waals surface area contributed by atoms with E-state index in [1.807, 2.05) is 12.1 Å². The standard InChI is InChI=1S/C16H22N4O2.2ClH/c1-16(18-19-16)6-8-20-9-7-17-11-14(20)12-4-3-5-13(10-12)15(21)22-2;;/h3-5,10,14,17H,6-9,11H2,1-2H3;2*1H. The van der Waals surface area contributed by atoms with Crippen LogP contribution in [0.1, 0.15) is 35.3 Å². The molecule has 2 aliphatic heterocycles. The number of hydrogen-bond donors (Lipinski definition) is 1. The van der Waals surface area contributed by atoms with Crippen molar-refractivity contribution in [3.05, 3.63) is 35.4 Å². The van der Waals surface area contributed by atoms with Crippen LogP contribution in [0.15, 0.2) is 34.5 Å². The number of piperazine rings is 1. The lowest BCUT2D eigenvalue weighted by molar-refractivity contribution is 0.0600. The van der Waals surface area contributed by atoms with Crippen LogP contribution in [0.5, 0.6) is 0 Å². The number of nitrogens with one attached hydrogen (secondary N) is 1. The van der Waals surface area contributed by atoms with E-state index in [0.29, 0.717) is 5.56 Å². The Morgan fingerprint density at radius 1 is 1.42 bits per heavy atom. The van der Waals surface area contributed by atoms with Gasteiger partial charge in [0.05, 0.1) is 12.7 Å². The SMILES string of the molecule is COC(=O)c1cccc(C2CNCCN2CCC2(C)N=N2)c1.Cl.Cl. The minimum atomic E-state index is -0.291. The topological polar surface area (TPSA) is 66.3 Å². The Labute approximate surface area is 154 Å². The van der Waals surface area contributed by atoms with Crippen LogP contribution in [0.4, 0.5) is 0 Å². The highest BCUT2D eigenvalue weighted by molar-refractivity contribution is 5.89. The molecular weight excluding hydrogens is 351 g/mol. The highest BCUT2D eigenvalue weighted by Gasteiger charge is 2.35. The van der Waals surface area contributed by atoms with Crippen LogP contribution in [0.3, 0.4) is 0 Å². The first-order chi connectivity index (χ1) is 10.6. The predicted molar refractivity (Wildman–Crippen MR) is 97.3 cm³/mol. The number of halogens is 2. The monoisotopic (exact) mass is 374 g/mol. The van der Waals surface area contributed by atoms with Gasteiger partial charge >= 0.3 is 5.97 Å². The van der Waals surface area contributed by atoms with Crippen molar-refractivity contribution in [2.24, 2.45) is 10.2 Å². The van der Waals surface area contributed by atoms with E-state index >= 15 is 0 Å². The molecule has 1 N–H and O–H groups in total. The Kier molecular flexibility index (Phi) is 7.60. The molecule has 8 heteroatoms. The van der Waals surface area contributed by atoms with Gasteiger partial charge in [-0.1, -0.05) is 12.1 Å². The molecule has 1 unspecified atom stereocenters. The highest BCUT2D eigenvalue weighted by atomic mass is 35.5. The number of carbonyl (C=O) groups is 1. The molecular formula is C16H24Cl2N4O2. The molecule has 2 aliphatic rings. The maximum Gasteiger partial charge on any atom is 0.337 e. The summed E-state index contributed by atoms with van der Waals surface area (Å²) in [4.78, 5) is 14.2. The van der Waals surface area contributed by atoms with Gasteiger partial charge in [-0.2, -0.15) is 10.2 Å². The van der Waals surface area contributed by atoms with Gasteiger partial charge < -0.3 is 10.1 Å². The smallest absolute Gasteiger partial charge is 0.337 e. The van der Waals surface area contributed by atoms with Crippen molar-refractivity contribution in [1.29, 1.82) is 0 Å². The minimum absolute atomic E-state index is 0. The summed E-state index contributed by atoms with van der Waals surface area (Å²) in [6, 6.07) is 7.98. The third-order valence-corrected chi connectivity index (χ3v) is 4.36. The maximum absolute atomic E-state index is 11.7. The van der Waals surface area contributed by atoms with E-state index in [1.54, 1.807) is 6.07 Å². The van der Waals surface area contributed by atoms with Gasteiger partial charge in [0.1, 0.15) is 0 Å². The molecule has 0 amide bonds. The molecule has 0 spiro atoms. The van der Waals surface area contributed by atoms with Gasteiger partial charge in [0.2, 0.25) is 0 Å². The summed E-state index contributed by atoms with van der Waals surface area (Å²) in [5, 5.41) is 11.6. The summed E-state index contributed by atoms with van der Waals surface area (Å²) in [6.07, 6.45) is 0.945. The first kappa shape index (κ1) is 20.8. The van der Waals surface area contributed by atoms with E-state index in [-0.39, 0.29) is 42.5 Å². The van der Waals surface area contributed by atoms with Crippen molar-refractivity contribution in [2.45, 2.75) is 25.0 Å². The Balaban J connectivity index is 0.00000144. The summed E-state index contributed by atoms with van der Waals surface area (Å²) in [7, 11) is 1.41. The molecule has 1 fully saturated rings.